The number of aliphatic hydroxyl groups is 1. The third-order valence-electron chi connectivity index (χ3n) is 4.57. The van der Waals surface area contributed by atoms with Crippen LogP contribution in [0, 0.1) is 5.92 Å². The zero-order valence-electron chi connectivity index (χ0n) is 13.7. The Bertz CT molecular complexity index is 656. The monoisotopic (exact) mass is 328 g/mol. The second-order valence-electron chi connectivity index (χ2n) is 6.29. The molecule has 1 heterocycles. The Morgan fingerprint density at radius 2 is 2.04 bits per heavy atom. The number of hydrogen-bond acceptors (Lipinski definition) is 3. The van der Waals surface area contributed by atoms with Crippen molar-refractivity contribution in [3.8, 4) is 5.69 Å². The first-order valence-electron chi connectivity index (χ1n) is 8.50. The van der Waals surface area contributed by atoms with Crippen molar-refractivity contribution in [3.63, 3.8) is 0 Å². The van der Waals surface area contributed by atoms with Crippen molar-refractivity contribution in [2.75, 3.05) is 6.61 Å². The minimum Gasteiger partial charge on any atom is -0.396 e. The first-order chi connectivity index (χ1) is 11.8. The topological polar surface area (TPSA) is 79.2 Å². The van der Waals surface area contributed by atoms with E-state index in [2.05, 4.69) is 15.7 Å². The molecular formula is C18H24N4O2. The predicted molar refractivity (Wildman–Crippen MR) is 91.8 cm³/mol. The molecule has 3 rings (SSSR count). The van der Waals surface area contributed by atoms with Gasteiger partial charge in [0.15, 0.2) is 0 Å². The fourth-order valence-electron chi connectivity index (χ4n) is 3.19. The van der Waals surface area contributed by atoms with Gasteiger partial charge in [-0.3, -0.25) is 0 Å². The highest BCUT2D eigenvalue weighted by Crippen LogP contribution is 2.23. The van der Waals surface area contributed by atoms with Crippen LogP contribution < -0.4 is 10.6 Å². The highest BCUT2D eigenvalue weighted by Gasteiger charge is 2.25. The summed E-state index contributed by atoms with van der Waals surface area (Å²) in [7, 11) is 0. The Kier molecular flexibility index (Phi) is 5.48. The van der Waals surface area contributed by atoms with Crippen LogP contribution in [-0.2, 0) is 6.54 Å². The molecule has 0 radical (unpaired) electrons. The van der Waals surface area contributed by atoms with E-state index in [1.165, 1.54) is 0 Å². The molecular weight excluding hydrogens is 304 g/mol. The van der Waals surface area contributed by atoms with Gasteiger partial charge in [-0.2, -0.15) is 5.10 Å². The van der Waals surface area contributed by atoms with Crippen LogP contribution in [0.4, 0.5) is 4.79 Å². The lowest BCUT2D eigenvalue weighted by Crippen LogP contribution is -2.47. The Balaban J connectivity index is 1.50. The molecule has 2 unspecified atom stereocenters. The molecule has 0 bridgehead atoms. The average molecular weight is 328 g/mol. The number of para-hydroxylation sites is 1. The fourth-order valence-corrected chi connectivity index (χ4v) is 3.19. The minimum atomic E-state index is -0.187. The number of carbonyl (C=O) groups is 1. The molecule has 2 aromatic rings. The summed E-state index contributed by atoms with van der Waals surface area (Å²) >= 11 is 0. The van der Waals surface area contributed by atoms with Crippen molar-refractivity contribution in [3.05, 3.63) is 48.3 Å². The van der Waals surface area contributed by atoms with Crippen LogP contribution in [0.15, 0.2) is 42.7 Å². The third kappa shape index (κ3) is 4.14. The minimum absolute atomic E-state index is 0.0655. The summed E-state index contributed by atoms with van der Waals surface area (Å²) in [6.45, 7) is 0.559. The first kappa shape index (κ1) is 16.5. The number of rotatable bonds is 5. The molecule has 128 valence electrons. The Morgan fingerprint density at radius 1 is 1.25 bits per heavy atom. The number of benzene rings is 1. The van der Waals surface area contributed by atoms with Crippen LogP contribution in [0.1, 0.15) is 31.2 Å². The highest BCUT2D eigenvalue weighted by molar-refractivity contribution is 5.74. The van der Waals surface area contributed by atoms with Crippen LogP contribution in [0.5, 0.6) is 0 Å². The molecule has 2 amide bonds. The quantitative estimate of drug-likeness (QED) is 0.787. The van der Waals surface area contributed by atoms with Gasteiger partial charge in [0.2, 0.25) is 0 Å². The summed E-state index contributed by atoms with van der Waals surface area (Å²) in [6.07, 6.45) is 7.81. The van der Waals surface area contributed by atoms with E-state index in [1.54, 1.807) is 10.9 Å². The normalized spacial score (nSPS) is 20.5. The average Bonchev–Trinajstić information content (AvgIpc) is 3.10. The van der Waals surface area contributed by atoms with Crippen molar-refractivity contribution >= 4 is 6.03 Å². The van der Waals surface area contributed by atoms with Gasteiger partial charge in [-0.15, -0.1) is 0 Å². The molecule has 1 aromatic heterocycles. The van der Waals surface area contributed by atoms with Gasteiger partial charge in [0.1, 0.15) is 0 Å². The van der Waals surface area contributed by atoms with Gasteiger partial charge >= 0.3 is 6.03 Å². The molecule has 1 aromatic carbocycles. The number of nitrogens with zero attached hydrogens (tertiary/aromatic N) is 2. The van der Waals surface area contributed by atoms with Gasteiger partial charge in [-0.1, -0.05) is 31.0 Å². The van der Waals surface area contributed by atoms with Crippen LogP contribution in [-0.4, -0.2) is 33.6 Å². The molecule has 0 saturated heterocycles. The van der Waals surface area contributed by atoms with Crippen molar-refractivity contribution in [2.24, 2.45) is 5.92 Å². The van der Waals surface area contributed by atoms with Gasteiger partial charge in [0.25, 0.3) is 0 Å². The number of carbonyl (C=O) groups excluding carboxylic acids is 1. The molecule has 0 aliphatic heterocycles. The SMILES string of the molecule is O=C(NCc1cnn(-c2ccccc2)c1)NC1CCCCC1CO. The molecule has 1 aliphatic rings. The summed E-state index contributed by atoms with van der Waals surface area (Å²) in [6, 6.07) is 9.73. The molecule has 1 saturated carbocycles. The fraction of sp³-hybridized carbons (Fsp3) is 0.444. The van der Waals surface area contributed by atoms with Crippen molar-refractivity contribution in [1.29, 1.82) is 0 Å². The number of urea groups is 1. The molecule has 24 heavy (non-hydrogen) atoms. The van der Waals surface area contributed by atoms with E-state index in [9.17, 15) is 9.90 Å². The molecule has 3 N–H and O–H groups in total. The Morgan fingerprint density at radius 3 is 2.83 bits per heavy atom. The zero-order chi connectivity index (χ0) is 16.8. The largest absolute Gasteiger partial charge is 0.396 e. The van der Waals surface area contributed by atoms with E-state index < -0.39 is 0 Å². The number of amides is 2. The summed E-state index contributed by atoms with van der Waals surface area (Å²) in [5.41, 5.74) is 1.93. The second kappa shape index (κ2) is 7.97. The maximum absolute atomic E-state index is 12.1. The number of nitrogens with one attached hydrogen (secondary N) is 2. The van der Waals surface area contributed by atoms with E-state index in [0.29, 0.717) is 6.54 Å². The summed E-state index contributed by atoms with van der Waals surface area (Å²) in [5.74, 6) is 0.172. The van der Waals surface area contributed by atoms with Gasteiger partial charge in [0, 0.05) is 36.9 Å². The van der Waals surface area contributed by atoms with Crippen molar-refractivity contribution in [2.45, 2.75) is 38.3 Å². The van der Waals surface area contributed by atoms with Crippen LogP contribution in [0.2, 0.25) is 0 Å². The van der Waals surface area contributed by atoms with E-state index in [-0.39, 0.29) is 24.6 Å². The predicted octanol–water partition coefficient (Wildman–Crippen LogP) is 2.22. The molecule has 0 spiro atoms. The lowest BCUT2D eigenvalue weighted by Gasteiger charge is -2.30. The molecule has 1 aliphatic carbocycles. The standard InChI is InChI=1S/C18H24N4O2/c23-13-15-6-4-5-9-17(15)21-18(24)19-10-14-11-20-22(12-14)16-7-2-1-3-8-16/h1-3,7-8,11-12,15,17,23H,4-6,9-10,13H2,(H2,19,21,24). The summed E-state index contributed by atoms with van der Waals surface area (Å²) in [4.78, 5) is 12.1. The molecule has 2 atom stereocenters. The van der Waals surface area contributed by atoms with Gasteiger partial charge in [0.05, 0.1) is 11.9 Å². The second-order valence-corrected chi connectivity index (χ2v) is 6.29. The smallest absolute Gasteiger partial charge is 0.315 e. The lowest BCUT2D eigenvalue weighted by atomic mass is 9.85. The third-order valence-corrected chi connectivity index (χ3v) is 4.57. The lowest BCUT2D eigenvalue weighted by molar-refractivity contribution is 0.153. The first-order valence-corrected chi connectivity index (χ1v) is 8.50. The Hall–Kier alpha value is -2.34. The van der Waals surface area contributed by atoms with Crippen LogP contribution >= 0.6 is 0 Å². The maximum Gasteiger partial charge on any atom is 0.315 e. The van der Waals surface area contributed by atoms with E-state index >= 15 is 0 Å². The van der Waals surface area contributed by atoms with E-state index in [4.69, 9.17) is 0 Å². The molecule has 6 nitrogen and oxygen atoms in total. The van der Waals surface area contributed by atoms with Crippen molar-refractivity contribution in [1.82, 2.24) is 20.4 Å². The van der Waals surface area contributed by atoms with Gasteiger partial charge in [-0.25, -0.2) is 9.48 Å². The van der Waals surface area contributed by atoms with Gasteiger partial charge < -0.3 is 15.7 Å². The number of hydrogen-bond donors (Lipinski definition) is 3. The molecule has 1 fully saturated rings. The van der Waals surface area contributed by atoms with Gasteiger partial charge in [-0.05, 0) is 25.0 Å². The Labute approximate surface area is 141 Å². The van der Waals surface area contributed by atoms with E-state index in [1.807, 2.05) is 36.5 Å². The number of aliphatic hydroxyl groups excluding tert-OH is 1. The highest BCUT2D eigenvalue weighted by atomic mass is 16.3. The maximum atomic E-state index is 12.1. The van der Waals surface area contributed by atoms with E-state index in [0.717, 1.165) is 36.9 Å². The zero-order valence-corrected chi connectivity index (χ0v) is 13.7. The molecule has 6 heteroatoms. The van der Waals surface area contributed by atoms with Crippen LogP contribution in [0.3, 0.4) is 0 Å². The van der Waals surface area contributed by atoms with Crippen molar-refractivity contribution < 1.29 is 9.90 Å². The van der Waals surface area contributed by atoms with Crippen LogP contribution in [0.25, 0.3) is 5.69 Å². The summed E-state index contributed by atoms with van der Waals surface area (Å²) < 4.78 is 1.79. The number of aromatic nitrogens is 2. The summed E-state index contributed by atoms with van der Waals surface area (Å²) in [5, 5.41) is 19.6.